The van der Waals surface area contributed by atoms with Crippen LogP contribution in [-0.2, 0) is 4.79 Å². The summed E-state index contributed by atoms with van der Waals surface area (Å²) in [4.78, 5) is 30.7. The molecule has 8 nitrogen and oxygen atoms in total. The van der Waals surface area contributed by atoms with Gasteiger partial charge in [0.25, 0.3) is 0 Å². The summed E-state index contributed by atoms with van der Waals surface area (Å²) in [7, 11) is 0. The van der Waals surface area contributed by atoms with Crippen molar-refractivity contribution >= 4 is 34.9 Å². The van der Waals surface area contributed by atoms with Crippen molar-refractivity contribution in [3.8, 4) is 5.69 Å². The smallest absolute Gasteiger partial charge is 0.335 e. The normalized spacial score (nSPS) is 16.6. The standard InChI is InChI=1S/C30H28FN5O3S/c1-18-17-24(19(2)36(18)23-12-6-20(7-13-23)29(38)39)28-27(25-5-3-4-15-32-25)34-30(40)35(28)16-14-26(37)33-22-10-8-21(31)9-11-22/h3-13,15,17,27-28H,14,16H2,1-2H3,(H,33,37)(H,34,40)(H,38,39)/t27-,28-/m1/s1. The summed E-state index contributed by atoms with van der Waals surface area (Å²) in [5.41, 5.74) is 5.37. The van der Waals surface area contributed by atoms with E-state index in [4.69, 9.17) is 12.2 Å². The Bertz CT molecular complexity index is 1550. The van der Waals surface area contributed by atoms with Crippen LogP contribution in [0.4, 0.5) is 10.1 Å². The van der Waals surface area contributed by atoms with Gasteiger partial charge in [-0.15, -0.1) is 0 Å². The third-order valence-corrected chi connectivity index (χ3v) is 7.42. The van der Waals surface area contributed by atoms with Gasteiger partial charge >= 0.3 is 5.97 Å². The first-order valence-electron chi connectivity index (χ1n) is 12.8. The molecule has 0 spiro atoms. The second kappa shape index (κ2) is 11.3. The predicted molar refractivity (Wildman–Crippen MR) is 154 cm³/mol. The van der Waals surface area contributed by atoms with E-state index in [1.54, 1.807) is 30.5 Å². The minimum absolute atomic E-state index is 0.167. The number of carbonyl (C=O) groups excluding carboxylic acids is 1. The van der Waals surface area contributed by atoms with Crippen LogP contribution in [0.15, 0.2) is 79.0 Å². The highest BCUT2D eigenvalue weighted by atomic mass is 32.1. The minimum Gasteiger partial charge on any atom is -0.478 e. The molecule has 1 aliphatic heterocycles. The Kier molecular flexibility index (Phi) is 7.61. The molecule has 40 heavy (non-hydrogen) atoms. The molecule has 2 aromatic carbocycles. The maximum atomic E-state index is 13.3. The summed E-state index contributed by atoms with van der Waals surface area (Å²) in [6.07, 6.45) is 1.91. The molecular formula is C30H28FN5O3S. The van der Waals surface area contributed by atoms with Gasteiger partial charge in [0, 0.05) is 41.9 Å². The van der Waals surface area contributed by atoms with E-state index in [-0.39, 0.29) is 35.8 Å². The first-order valence-corrected chi connectivity index (χ1v) is 13.2. The number of rotatable bonds is 8. The summed E-state index contributed by atoms with van der Waals surface area (Å²) in [5.74, 6) is -1.56. The molecule has 5 rings (SSSR count). The average molecular weight is 558 g/mol. The van der Waals surface area contributed by atoms with Gasteiger partial charge < -0.3 is 25.2 Å². The van der Waals surface area contributed by atoms with Gasteiger partial charge in [0.1, 0.15) is 5.82 Å². The number of amides is 1. The minimum atomic E-state index is -0.976. The number of thiocarbonyl (C=S) groups is 1. The lowest BCUT2D eigenvalue weighted by atomic mass is 9.96. The molecule has 0 radical (unpaired) electrons. The van der Waals surface area contributed by atoms with Crippen LogP contribution in [0.2, 0.25) is 0 Å². The Labute approximate surface area is 236 Å². The number of aryl methyl sites for hydroxylation is 1. The summed E-state index contributed by atoms with van der Waals surface area (Å²) in [5, 5.41) is 16.0. The fraction of sp³-hybridized carbons (Fsp3) is 0.200. The van der Waals surface area contributed by atoms with Crippen LogP contribution >= 0.6 is 12.2 Å². The van der Waals surface area contributed by atoms with Crippen molar-refractivity contribution in [1.82, 2.24) is 19.8 Å². The quantitative estimate of drug-likeness (QED) is 0.252. The van der Waals surface area contributed by atoms with E-state index in [1.165, 1.54) is 24.3 Å². The highest BCUT2D eigenvalue weighted by molar-refractivity contribution is 7.80. The average Bonchev–Trinajstić information content (AvgIpc) is 3.43. The molecule has 0 unspecified atom stereocenters. The van der Waals surface area contributed by atoms with Crippen molar-refractivity contribution < 1.29 is 19.1 Å². The summed E-state index contributed by atoms with van der Waals surface area (Å²) in [6.45, 7) is 4.37. The highest BCUT2D eigenvalue weighted by Crippen LogP contribution is 2.41. The first-order chi connectivity index (χ1) is 19.2. The number of hydrogen-bond acceptors (Lipinski definition) is 4. The Morgan fingerprint density at radius 3 is 2.45 bits per heavy atom. The Morgan fingerprint density at radius 1 is 1.07 bits per heavy atom. The lowest BCUT2D eigenvalue weighted by Gasteiger charge is -2.28. The molecule has 1 aliphatic rings. The third-order valence-electron chi connectivity index (χ3n) is 7.07. The predicted octanol–water partition coefficient (Wildman–Crippen LogP) is 5.33. The van der Waals surface area contributed by atoms with E-state index in [2.05, 4.69) is 26.3 Å². The van der Waals surface area contributed by atoms with E-state index in [0.717, 1.165) is 28.3 Å². The molecule has 10 heteroatoms. The zero-order chi connectivity index (χ0) is 28.4. The number of hydrogen-bond donors (Lipinski definition) is 3. The Balaban J connectivity index is 1.46. The van der Waals surface area contributed by atoms with Gasteiger partial charge in [0.15, 0.2) is 5.11 Å². The largest absolute Gasteiger partial charge is 0.478 e. The van der Waals surface area contributed by atoms with Crippen molar-refractivity contribution in [3.05, 3.63) is 113 Å². The van der Waals surface area contributed by atoms with Gasteiger partial charge in [0.05, 0.1) is 23.3 Å². The number of carboxylic acid groups (broad SMARTS) is 1. The lowest BCUT2D eigenvalue weighted by molar-refractivity contribution is -0.116. The van der Waals surface area contributed by atoms with Gasteiger partial charge in [-0.25, -0.2) is 9.18 Å². The molecule has 1 saturated heterocycles. The monoisotopic (exact) mass is 557 g/mol. The molecular weight excluding hydrogens is 529 g/mol. The number of carbonyl (C=O) groups is 2. The summed E-state index contributed by atoms with van der Waals surface area (Å²) < 4.78 is 15.3. The number of nitrogens with zero attached hydrogens (tertiary/aromatic N) is 3. The second-order valence-corrected chi connectivity index (χ2v) is 10.0. The van der Waals surface area contributed by atoms with Gasteiger partial charge in [-0.3, -0.25) is 9.78 Å². The molecule has 0 saturated carbocycles. The molecule has 3 N–H and O–H groups in total. The Hall–Kier alpha value is -4.57. The van der Waals surface area contributed by atoms with Crippen molar-refractivity contribution in [2.75, 3.05) is 11.9 Å². The molecule has 0 bridgehead atoms. The highest BCUT2D eigenvalue weighted by Gasteiger charge is 2.41. The second-order valence-electron chi connectivity index (χ2n) is 9.64. The fourth-order valence-corrected chi connectivity index (χ4v) is 5.53. The number of halogens is 1. The van der Waals surface area contributed by atoms with E-state index >= 15 is 0 Å². The van der Waals surface area contributed by atoms with Gasteiger partial charge in [-0.1, -0.05) is 6.07 Å². The summed E-state index contributed by atoms with van der Waals surface area (Å²) >= 11 is 5.76. The van der Waals surface area contributed by atoms with E-state index in [0.29, 0.717) is 17.3 Å². The van der Waals surface area contributed by atoms with Crippen LogP contribution in [-0.4, -0.2) is 43.1 Å². The zero-order valence-corrected chi connectivity index (χ0v) is 22.8. The number of pyridine rings is 1. The fourth-order valence-electron chi connectivity index (χ4n) is 5.20. The van der Waals surface area contributed by atoms with Crippen molar-refractivity contribution in [1.29, 1.82) is 0 Å². The van der Waals surface area contributed by atoms with Crippen LogP contribution in [0.25, 0.3) is 5.69 Å². The topological polar surface area (TPSA) is 99.5 Å². The molecule has 3 heterocycles. The molecule has 1 fully saturated rings. The van der Waals surface area contributed by atoms with Crippen LogP contribution < -0.4 is 10.6 Å². The molecule has 2 aromatic heterocycles. The molecule has 204 valence electrons. The number of benzene rings is 2. The van der Waals surface area contributed by atoms with Gasteiger partial charge in [-0.05, 0) is 98.4 Å². The van der Waals surface area contributed by atoms with Crippen molar-refractivity contribution in [3.63, 3.8) is 0 Å². The lowest BCUT2D eigenvalue weighted by Crippen LogP contribution is -2.32. The van der Waals surface area contributed by atoms with E-state index in [9.17, 15) is 19.1 Å². The van der Waals surface area contributed by atoms with Crippen LogP contribution in [0, 0.1) is 19.7 Å². The summed E-state index contributed by atoms with van der Waals surface area (Å²) in [6, 6.07) is 19.7. The molecule has 4 aromatic rings. The number of anilines is 1. The number of nitrogens with one attached hydrogen (secondary N) is 2. The third kappa shape index (κ3) is 5.43. The molecule has 0 aliphatic carbocycles. The van der Waals surface area contributed by atoms with E-state index in [1.807, 2.05) is 36.9 Å². The SMILES string of the molecule is Cc1cc([C@@H]2[C@@H](c3ccccn3)NC(=S)N2CCC(=O)Nc2ccc(F)cc2)c(C)n1-c1ccc(C(=O)O)cc1. The van der Waals surface area contributed by atoms with Gasteiger partial charge in [-0.2, -0.15) is 0 Å². The van der Waals surface area contributed by atoms with Crippen LogP contribution in [0.1, 0.15) is 51.5 Å². The molecule has 1 amide bonds. The van der Waals surface area contributed by atoms with Crippen molar-refractivity contribution in [2.45, 2.75) is 32.4 Å². The van der Waals surface area contributed by atoms with Gasteiger partial charge in [0.2, 0.25) is 5.91 Å². The van der Waals surface area contributed by atoms with Crippen LogP contribution in [0.3, 0.4) is 0 Å². The number of aromatic carboxylic acids is 1. The van der Waals surface area contributed by atoms with Crippen LogP contribution in [0.5, 0.6) is 0 Å². The Morgan fingerprint density at radius 2 is 1.80 bits per heavy atom. The maximum Gasteiger partial charge on any atom is 0.335 e. The molecule has 2 atom stereocenters. The first kappa shape index (κ1) is 27.0. The van der Waals surface area contributed by atoms with E-state index < -0.39 is 5.97 Å². The van der Waals surface area contributed by atoms with Crippen molar-refractivity contribution in [2.24, 2.45) is 0 Å². The zero-order valence-electron chi connectivity index (χ0n) is 22.0. The number of carboxylic acids is 1. The maximum absolute atomic E-state index is 13.3. The number of aromatic nitrogens is 2.